The summed E-state index contributed by atoms with van der Waals surface area (Å²) in [4.78, 5) is 22.1. The molecule has 2 aromatic carbocycles. The monoisotopic (exact) mass is 532 g/mol. The van der Waals surface area contributed by atoms with E-state index in [1.807, 2.05) is 51.0 Å². The topological polar surface area (TPSA) is 92.3 Å². The Morgan fingerprint density at radius 2 is 1.78 bits per heavy atom. The summed E-state index contributed by atoms with van der Waals surface area (Å²) in [6.07, 6.45) is -0.355. The zero-order chi connectivity index (χ0) is 26.0. The molecule has 1 saturated heterocycles. The number of carbonyl (C=O) groups is 1. The first kappa shape index (κ1) is 26.5. The van der Waals surface area contributed by atoms with E-state index in [1.165, 1.54) is 27.8 Å². The van der Waals surface area contributed by atoms with Gasteiger partial charge in [0.15, 0.2) is 5.13 Å². The maximum atomic E-state index is 13.6. The summed E-state index contributed by atoms with van der Waals surface area (Å²) >= 11 is 1.42. The number of carbonyl (C=O) groups excluding carboxylic acids is 1. The Bertz CT molecular complexity index is 1310. The molecule has 0 spiro atoms. The predicted octanol–water partition coefficient (Wildman–Crippen LogP) is 3.31. The van der Waals surface area contributed by atoms with E-state index in [2.05, 4.69) is 4.98 Å². The van der Waals surface area contributed by atoms with E-state index in [4.69, 9.17) is 9.47 Å². The highest BCUT2D eigenvalue weighted by atomic mass is 32.2. The third kappa shape index (κ3) is 5.70. The minimum atomic E-state index is -3.69. The van der Waals surface area contributed by atoms with Gasteiger partial charge in [0.05, 0.1) is 34.4 Å². The van der Waals surface area contributed by atoms with Gasteiger partial charge in [-0.05, 0) is 70.4 Å². The lowest BCUT2D eigenvalue weighted by atomic mass is 10.2. The summed E-state index contributed by atoms with van der Waals surface area (Å²) in [6.45, 7) is 5.40. The lowest BCUT2D eigenvalue weighted by Crippen LogP contribution is -2.48. The molecule has 0 aliphatic carbocycles. The molecule has 9 nitrogen and oxygen atoms in total. The minimum absolute atomic E-state index is 0.160. The van der Waals surface area contributed by atoms with Crippen LogP contribution >= 0.6 is 11.3 Å². The zero-order valence-corrected chi connectivity index (χ0v) is 22.8. The fourth-order valence-electron chi connectivity index (χ4n) is 4.12. The van der Waals surface area contributed by atoms with Gasteiger partial charge in [0.25, 0.3) is 5.91 Å². The molecule has 3 aromatic rings. The summed E-state index contributed by atoms with van der Waals surface area (Å²) < 4.78 is 39.7. The van der Waals surface area contributed by atoms with Crippen molar-refractivity contribution in [3.8, 4) is 5.75 Å². The highest BCUT2D eigenvalue weighted by Gasteiger charge is 2.32. The normalized spacial score (nSPS) is 19.1. The molecule has 36 heavy (non-hydrogen) atoms. The van der Waals surface area contributed by atoms with E-state index in [9.17, 15) is 13.2 Å². The molecular formula is C25H32N4O5S2. The van der Waals surface area contributed by atoms with Gasteiger partial charge in [0.1, 0.15) is 5.75 Å². The van der Waals surface area contributed by atoms with Crippen molar-refractivity contribution >= 4 is 42.6 Å². The summed E-state index contributed by atoms with van der Waals surface area (Å²) in [5.41, 5.74) is 1.18. The number of aromatic nitrogens is 1. The van der Waals surface area contributed by atoms with Crippen LogP contribution in [0.5, 0.6) is 5.75 Å². The Morgan fingerprint density at radius 3 is 2.39 bits per heavy atom. The molecule has 0 radical (unpaired) electrons. The third-order valence-electron chi connectivity index (χ3n) is 5.96. The highest BCUT2D eigenvalue weighted by Crippen LogP contribution is 2.32. The van der Waals surface area contributed by atoms with Gasteiger partial charge in [-0.25, -0.2) is 13.4 Å². The van der Waals surface area contributed by atoms with Crippen molar-refractivity contribution in [1.29, 1.82) is 0 Å². The Labute approximate surface area is 216 Å². The molecule has 1 aliphatic rings. The maximum Gasteiger partial charge on any atom is 0.260 e. The molecule has 1 fully saturated rings. The number of nitrogens with zero attached hydrogens (tertiary/aromatic N) is 4. The van der Waals surface area contributed by atoms with Gasteiger partial charge in [-0.15, -0.1) is 0 Å². The molecule has 0 bridgehead atoms. The molecule has 4 rings (SSSR count). The first-order valence-electron chi connectivity index (χ1n) is 11.8. The van der Waals surface area contributed by atoms with Crippen molar-refractivity contribution in [2.45, 2.75) is 31.0 Å². The molecule has 0 unspecified atom stereocenters. The molecule has 1 amide bonds. The first-order valence-corrected chi connectivity index (χ1v) is 14.0. The summed E-state index contributed by atoms with van der Waals surface area (Å²) in [5.74, 6) is 0.491. The van der Waals surface area contributed by atoms with Gasteiger partial charge in [-0.3, -0.25) is 9.69 Å². The molecule has 1 aliphatic heterocycles. The van der Waals surface area contributed by atoms with Gasteiger partial charge in [-0.1, -0.05) is 11.3 Å². The number of rotatable bonds is 8. The zero-order valence-electron chi connectivity index (χ0n) is 21.2. The number of benzene rings is 2. The lowest BCUT2D eigenvalue weighted by molar-refractivity contribution is -0.0440. The van der Waals surface area contributed by atoms with Gasteiger partial charge >= 0.3 is 0 Å². The van der Waals surface area contributed by atoms with Gasteiger partial charge in [-0.2, -0.15) is 4.31 Å². The molecule has 11 heteroatoms. The van der Waals surface area contributed by atoms with Crippen molar-refractivity contribution in [2.24, 2.45) is 0 Å². The third-order valence-corrected chi connectivity index (χ3v) is 8.84. The van der Waals surface area contributed by atoms with E-state index in [0.29, 0.717) is 36.9 Å². The Balaban J connectivity index is 1.61. The number of sulfonamides is 1. The Hall–Kier alpha value is -2.57. The number of anilines is 1. The largest absolute Gasteiger partial charge is 0.497 e. The molecule has 2 heterocycles. The molecule has 1 aromatic heterocycles. The van der Waals surface area contributed by atoms with Crippen LogP contribution < -0.4 is 9.64 Å². The van der Waals surface area contributed by atoms with E-state index < -0.39 is 10.0 Å². The summed E-state index contributed by atoms with van der Waals surface area (Å²) in [7, 11) is 1.81. The number of morpholine rings is 1. The second kappa shape index (κ2) is 10.8. The van der Waals surface area contributed by atoms with E-state index in [1.54, 1.807) is 24.1 Å². The van der Waals surface area contributed by atoms with Gasteiger partial charge < -0.3 is 14.4 Å². The number of fused-ring (bicyclic) bond motifs is 1. The number of ether oxygens (including phenoxy) is 2. The van der Waals surface area contributed by atoms with Crippen LogP contribution in [-0.4, -0.2) is 88.1 Å². The van der Waals surface area contributed by atoms with Crippen molar-refractivity contribution < 1.29 is 22.7 Å². The number of hydrogen-bond acceptors (Lipinski definition) is 8. The van der Waals surface area contributed by atoms with Crippen LogP contribution in [-0.2, 0) is 14.8 Å². The second-order valence-corrected chi connectivity index (χ2v) is 12.1. The fourth-order valence-corrected chi connectivity index (χ4v) is 6.73. The van der Waals surface area contributed by atoms with Crippen LogP contribution in [0.2, 0.25) is 0 Å². The molecule has 0 N–H and O–H groups in total. The van der Waals surface area contributed by atoms with E-state index in [0.717, 1.165) is 16.0 Å². The highest BCUT2D eigenvalue weighted by molar-refractivity contribution is 7.89. The molecule has 194 valence electrons. The minimum Gasteiger partial charge on any atom is -0.497 e. The van der Waals surface area contributed by atoms with Crippen LogP contribution in [0.1, 0.15) is 24.2 Å². The SMILES string of the molecule is COc1ccc2nc(N(CCN(C)C)C(=O)c3ccc(S(=O)(=O)N4C[C@@H](C)O[C@@H](C)C4)cc3)sc2c1. The lowest BCUT2D eigenvalue weighted by Gasteiger charge is -2.34. The van der Waals surface area contributed by atoms with Crippen molar-refractivity contribution in [1.82, 2.24) is 14.2 Å². The van der Waals surface area contributed by atoms with Gasteiger partial charge in [0.2, 0.25) is 10.0 Å². The van der Waals surface area contributed by atoms with Crippen LogP contribution in [0.4, 0.5) is 5.13 Å². The first-order chi connectivity index (χ1) is 17.1. The van der Waals surface area contributed by atoms with E-state index >= 15 is 0 Å². The number of thiazole rings is 1. The number of amides is 1. The average Bonchev–Trinajstić information content (AvgIpc) is 3.26. The number of methoxy groups -OCH3 is 1. The predicted molar refractivity (Wildman–Crippen MR) is 142 cm³/mol. The summed E-state index contributed by atoms with van der Waals surface area (Å²) in [5, 5.41) is 0.582. The average molecular weight is 533 g/mol. The van der Waals surface area contributed by atoms with E-state index in [-0.39, 0.29) is 23.0 Å². The van der Waals surface area contributed by atoms with Crippen LogP contribution in [0.3, 0.4) is 0 Å². The Morgan fingerprint density at radius 1 is 1.11 bits per heavy atom. The summed E-state index contributed by atoms with van der Waals surface area (Å²) in [6, 6.07) is 11.8. The quantitative estimate of drug-likeness (QED) is 0.440. The Kier molecular flexibility index (Phi) is 7.96. The van der Waals surface area contributed by atoms with Gasteiger partial charge in [0, 0.05) is 31.7 Å². The fraction of sp³-hybridized carbons (Fsp3) is 0.440. The van der Waals surface area contributed by atoms with Crippen molar-refractivity contribution in [3.05, 3.63) is 48.0 Å². The molecule has 2 atom stereocenters. The molecular weight excluding hydrogens is 500 g/mol. The molecule has 0 saturated carbocycles. The van der Waals surface area contributed by atoms with Crippen molar-refractivity contribution in [2.75, 3.05) is 52.3 Å². The van der Waals surface area contributed by atoms with Crippen LogP contribution in [0, 0.1) is 0 Å². The smallest absolute Gasteiger partial charge is 0.260 e. The van der Waals surface area contributed by atoms with Crippen LogP contribution in [0.25, 0.3) is 10.2 Å². The second-order valence-electron chi connectivity index (χ2n) is 9.19. The maximum absolute atomic E-state index is 13.6. The van der Waals surface area contributed by atoms with Crippen molar-refractivity contribution in [3.63, 3.8) is 0 Å². The standard InChI is InChI=1S/C25H32N4O5S2/c1-17-15-28(16-18(2)34-17)36(31,32)21-9-6-19(7-10-21)24(30)29(13-12-27(3)4)25-26-22-11-8-20(33-5)14-23(22)35-25/h6-11,14,17-18H,12-13,15-16H2,1-5H3/t17-,18+. The number of likely N-dealkylation sites (N-methyl/N-ethyl adjacent to an activating group) is 1. The number of hydrogen-bond donors (Lipinski definition) is 0. The van der Waals surface area contributed by atoms with Crippen LogP contribution in [0.15, 0.2) is 47.4 Å².